The summed E-state index contributed by atoms with van der Waals surface area (Å²) in [5.74, 6) is 0. The molecule has 0 aliphatic heterocycles. The molecule has 80 valence electrons. The average molecular weight is 294 g/mol. The molecule has 0 spiro atoms. The van der Waals surface area contributed by atoms with Gasteiger partial charge >= 0.3 is 0 Å². The average Bonchev–Trinajstić information content (AvgIpc) is 2.33. The smallest absolute Gasteiger partial charge is 0.152 e. The number of carbonyl (C=O) groups excluding carboxylic acids is 1. The summed E-state index contributed by atoms with van der Waals surface area (Å²) in [4.78, 5) is 16.1. The summed E-state index contributed by atoms with van der Waals surface area (Å²) in [6, 6.07) is 11.4. The number of halogens is 1. The van der Waals surface area contributed by atoms with Crippen molar-refractivity contribution in [3.63, 3.8) is 0 Å². The Labute approximate surface area is 106 Å². The van der Waals surface area contributed by atoms with Gasteiger partial charge in [-0.2, -0.15) is 0 Å². The summed E-state index contributed by atoms with van der Waals surface area (Å²) >= 11 is 4.94. The second-order valence-electron chi connectivity index (χ2n) is 3.05. The van der Waals surface area contributed by atoms with E-state index >= 15 is 0 Å². The van der Waals surface area contributed by atoms with Crippen LogP contribution in [0.25, 0.3) is 0 Å². The summed E-state index contributed by atoms with van der Waals surface area (Å²) in [6.45, 7) is 0. The lowest BCUT2D eigenvalue weighted by atomic mass is 10.3. The maximum atomic E-state index is 10.8. The number of aldehydes is 1. The van der Waals surface area contributed by atoms with Crippen LogP contribution in [0.2, 0.25) is 0 Å². The van der Waals surface area contributed by atoms with E-state index in [2.05, 4.69) is 20.9 Å². The topological polar surface area (TPSA) is 30.0 Å². The van der Waals surface area contributed by atoms with Gasteiger partial charge in [0, 0.05) is 21.1 Å². The largest absolute Gasteiger partial charge is 0.298 e. The fourth-order valence-corrected chi connectivity index (χ4v) is 2.61. The van der Waals surface area contributed by atoms with Crippen LogP contribution in [0.4, 0.5) is 0 Å². The Balaban J connectivity index is 2.34. The highest BCUT2D eigenvalue weighted by Crippen LogP contribution is 2.33. The van der Waals surface area contributed by atoms with E-state index in [4.69, 9.17) is 0 Å². The first-order chi connectivity index (χ1) is 7.81. The molecule has 1 aromatic heterocycles. The number of hydrogen-bond donors (Lipinski definition) is 0. The number of hydrogen-bond acceptors (Lipinski definition) is 3. The number of pyridine rings is 1. The van der Waals surface area contributed by atoms with Gasteiger partial charge in [0.15, 0.2) is 6.29 Å². The maximum Gasteiger partial charge on any atom is 0.152 e. The molecule has 0 fully saturated rings. The van der Waals surface area contributed by atoms with Crippen molar-refractivity contribution in [3.05, 3.63) is 52.6 Å². The Morgan fingerprint density at radius 3 is 2.75 bits per heavy atom. The van der Waals surface area contributed by atoms with Gasteiger partial charge in [-0.1, -0.05) is 23.9 Å². The second-order valence-corrected chi connectivity index (χ2v) is 4.93. The van der Waals surface area contributed by atoms with E-state index in [0.29, 0.717) is 5.56 Å². The van der Waals surface area contributed by atoms with Gasteiger partial charge in [-0.25, -0.2) is 4.98 Å². The molecule has 0 saturated heterocycles. The van der Waals surface area contributed by atoms with Crippen molar-refractivity contribution in [2.24, 2.45) is 0 Å². The molecule has 1 heterocycles. The SMILES string of the molecule is O=Cc1cccnc1Sc1ccccc1Br. The predicted octanol–water partition coefficient (Wildman–Crippen LogP) is 3.81. The number of nitrogens with zero attached hydrogens (tertiary/aromatic N) is 1. The molecule has 4 heteroatoms. The quantitative estimate of drug-likeness (QED) is 0.806. The highest BCUT2D eigenvalue weighted by molar-refractivity contribution is 9.10. The van der Waals surface area contributed by atoms with Crippen molar-refractivity contribution in [2.45, 2.75) is 9.92 Å². The van der Waals surface area contributed by atoms with Gasteiger partial charge in [0.2, 0.25) is 0 Å². The van der Waals surface area contributed by atoms with Gasteiger partial charge in [-0.15, -0.1) is 0 Å². The molecule has 16 heavy (non-hydrogen) atoms. The molecule has 1 aromatic carbocycles. The molecule has 0 N–H and O–H groups in total. The number of benzene rings is 1. The lowest BCUT2D eigenvalue weighted by Gasteiger charge is -2.04. The highest BCUT2D eigenvalue weighted by atomic mass is 79.9. The molecule has 0 atom stereocenters. The molecule has 0 aliphatic carbocycles. The fraction of sp³-hybridized carbons (Fsp3) is 0. The monoisotopic (exact) mass is 293 g/mol. The maximum absolute atomic E-state index is 10.8. The van der Waals surface area contributed by atoms with Crippen molar-refractivity contribution >= 4 is 34.0 Å². The van der Waals surface area contributed by atoms with Crippen molar-refractivity contribution in [3.8, 4) is 0 Å². The lowest BCUT2D eigenvalue weighted by molar-refractivity contribution is 0.112. The van der Waals surface area contributed by atoms with Crippen molar-refractivity contribution in [1.29, 1.82) is 0 Å². The van der Waals surface area contributed by atoms with Crippen molar-refractivity contribution in [1.82, 2.24) is 4.98 Å². The summed E-state index contributed by atoms with van der Waals surface area (Å²) < 4.78 is 1.00. The third-order valence-corrected chi connectivity index (χ3v) is 4.04. The van der Waals surface area contributed by atoms with Crippen molar-refractivity contribution in [2.75, 3.05) is 0 Å². The Bertz CT molecular complexity index is 516. The van der Waals surface area contributed by atoms with Crippen LogP contribution in [0.1, 0.15) is 10.4 Å². The minimum Gasteiger partial charge on any atom is -0.298 e. The Morgan fingerprint density at radius 2 is 2.00 bits per heavy atom. The van der Waals surface area contributed by atoms with E-state index in [1.807, 2.05) is 24.3 Å². The summed E-state index contributed by atoms with van der Waals surface area (Å²) in [5, 5.41) is 0.726. The second kappa shape index (κ2) is 5.27. The number of rotatable bonds is 3. The molecule has 2 aromatic rings. The molecule has 0 aliphatic rings. The molecule has 0 bridgehead atoms. The zero-order chi connectivity index (χ0) is 11.4. The predicted molar refractivity (Wildman–Crippen MR) is 67.9 cm³/mol. The number of carbonyl (C=O) groups is 1. The van der Waals surface area contributed by atoms with Crippen LogP contribution in [0, 0.1) is 0 Å². The van der Waals surface area contributed by atoms with E-state index in [1.54, 1.807) is 18.3 Å². The molecular formula is C12H8BrNOS. The van der Waals surface area contributed by atoms with Gasteiger partial charge < -0.3 is 0 Å². The Morgan fingerprint density at radius 1 is 1.19 bits per heavy atom. The van der Waals surface area contributed by atoms with Gasteiger partial charge in [0.1, 0.15) is 5.03 Å². The van der Waals surface area contributed by atoms with E-state index in [-0.39, 0.29) is 0 Å². The van der Waals surface area contributed by atoms with Crippen LogP contribution in [0.3, 0.4) is 0 Å². The van der Waals surface area contributed by atoms with Crippen LogP contribution in [0.15, 0.2) is 57.0 Å². The molecule has 0 amide bonds. The number of aromatic nitrogens is 1. The first kappa shape index (κ1) is 11.4. The van der Waals surface area contributed by atoms with Crippen LogP contribution in [0.5, 0.6) is 0 Å². The minimum absolute atomic E-state index is 0.614. The molecular weight excluding hydrogens is 286 g/mol. The molecule has 2 rings (SSSR count). The van der Waals surface area contributed by atoms with Gasteiger partial charge in [0.25, 0.3) is 0 Å². The van der Waals surface area contributed by atoms with E-state index in [0.717, 1.165) is 20.7 Å². The van der Waals surface area contributed by atoms with Gasteiger partial charge in [0.05, 0.1) is 0 Å². The van der Waals surface area contributed by atoms with Crippen molar-refractivity contribution < 1.29 is 4.79 Å². The summed E-state index contributed by atoms with van der Waals surface area (Å²) in [5.41, 5.74) is 0.614. The van der Waals surface area contributed by atoms with Crippen LogP contribution in [-0.2, 0) is 0 Å². The molecule has 0 saturated carbocycles. The van der Waals surface area contributed by atoms with Gasteiger partial charge in [-0.3, -0.25) is 4.79 Å². The third-order valence-electron chi connectivity index (χ3n) is 1.97. The lowest BCUT2D eigenvalue weighted by Crippen LogP contribution is -1.88. The van der Waals surface area contributed by atoms with E-state index < -0.39 is 0 Å². The highest BCUT2D eigenvalue weighted by Gasteiger charge is 2.06. The first-order valence-electron chi connectivity index (χ1n) is 4.64. The minimum atomic E-state index is 0.614. The molecule has 0 radical (unpaired) electrons. The zero-order valence-corrected chi connectivity index (χ0v) is 10.7. The molecule has 0 unspecified atom stereocenters. The van der Waals surface area contributed by atoms with Crippen LogP contribution in [-0.4, -0.2) is 11.3 Å². The molecule has 2 nitrogen and oxygen atoms in total. The zero-order valence-electron chi connectivity index (χ0n) is 8.26. The Kier molecular flexibility index (Phi) is 3.74. The van der Waals surface area contributed by atoms with Crippen LogP contribution < -0.4 is 0 Å². The summed E-state index contributed by atoms with van der Waals surface area (Å²) in [6.07, 6.45) is 2.51. The third kappa shape index (κ3) is 2.51. The standard InChI is InChI=1S/C12H8BrNOS/c13-10-5-1-2-6-11(10)16-12-9(8-15)4-3-7-14-12/h1-8H. The van der Waals surface area contributed by atoms with E-state index in [9.17, 15) is 4.79 Å². The first-order valence-corrected chi connectivity index (χ1v) is 6.25. The summed E-state index contributed by atoms with van der Waals surface area (Å²) in [7, 11) is 0. The van der Waals surface area contributed by atoms with E-state index in [1.165, 1.54) is 11.8 Å². The fourth-order valence-electron chi connectivity index (χ4n) is 1.21. The normalized spacial score (nSPS) is 10.1. The van der Waals surface area contributed by atoms with Gasteiger partial charge in [-0.05, 0) is 40.2 Å². The van der Waals surface area contributed by atoms with Crippen LogP contribution >= 0.6 is 27.7 Å². The Hall–Kier alpha value is -1.13.